The Labute approximate surface area is 180 Å². The van der Waals surface area contributed by atoms with Crippen molar-refractivity contribution < 1.29 is 36.6 Å². The molecule has 31 heavy (non-hydrogen) atoms. The van der Waals surface area contributed by atoms with Gasteiger partial charge in [-0.15, -0.1) is 0 Å². The van der Waals surface area contributed by atoms with Crippen molar-refractivity contribution in [3.63, 3.8) is 0 Å². The number of nitrogens with one attached hydrogen (secondary N) is 1. The highest BCUT2D eigenvalue weighted by atomic mass is 35.5. The maximum Gasteiger partial charge on any atom is 0.422 e. The van der Waals surface area contributed by atoms with Gasteiger partial charge in [0, 0.05) is 16.7 Å². The first-order valence-corrected chi connectivity index (χ1v) is 9.67. The third kappa shape index (κ3) is 5.86. The number of rotatable bonds is 7. The summed E-state index contributed by atoms with van der Waals surface area (Å²) in [5, 5.41) is 13.4. The molecule has 1 saturated carbocycles. The van der Waals surface area contributed by atoms with Gasteiger partial charge in [0.25, 0.3) is 0 Å². The number of carbonyl (C=O) groups is 1. The summed E-state index contributed by atoms with van der Waals surface area (Å²) < 4.78 is 69.1. The molecule has 10 heteroatoms. The normalized spacial score (nSPS) is 17.0. The molecule has 0 unspecified atom stereocenters. The van der Waals surface area contributed by atoms with Crippen LogP contribution >= 0.6 is 11.6 Å². The number of amides is 1. The minimum atomic E-state index is -4.52. The number of alkyl halides is 3. The van der Waals surface area contributed by atoms with E-state index in [9.17, 15) is 31.9 Å². The lowest BCUT2D eigenvalue weighted by molar-refractivity contribution is -0.153. The minimum absolute atomic E-state index is 0.0965. The molecule has 0 aromatic heterocycles. The van der Waals surface area contributed by atoms with Gasteiger partial charge in [0.2, 0.25) is 5.91 Å². The summed E-state index contributed by atoms with van der Waals surface area (Å²) in [5.41, 5.74) is -2.57. The maximum absolute atomic E-state index is 14.0. The van der Waals surface area contributed by atoms with Crippen LogP contribution in [0.15, 0.2) is 36.4 Å². The average molecular weight is 464 g/mol. The van der Waals surface area contributed by atoms with Crippen molar-refractivity contribution >= 4 is 17.5 Å². The predicted molar refractivity (Wildman–Crippen MR) is 103 cm³/mol. The van der Waals surface area contributed by atoms with Crippen LogP contribution in [0, 0.1) is 11.6 Å². The average Bonchev–Trinajstić information content (AvgIpc) is 3.38. The summed E-state index contributed by atoms with van der Waals surface area (Å²) in [6.07, 6.45) is -4.06. The van der Waals surface area contributed by atoms with E-state index in [4.69, 9.17) is 16.3 Å². The molecule has 0 radical (unpaired) electrons. The third-order valence-corrected chi connectivity index (χ3v) is 5.19. The fourth-order valence-corrected chi connectivity index (χ4v) is 3.57. The van der Waals surface area contributed by atoms with Crippen LogP contribution in [0.2, 0.25) is 5.02 Å². The Balaban J connectivity index is 1.73. The van der Waals surface area contributed by atoms with Crippen LogP contribution in [0.1, 0.15) is 37.3 Å². The monoisotopic (exact) mass is 463 g/mol. The highest BCUT2D eigenvalue weighted by molar-refractivity contribution is 6.30. The number of carbonyl (C=O) groups excluding carboxylic acids is 1. The smallest absolute Gasteiger partial charge is 0.422 e. The van der Waals surface area contributed by atoms with Gasteiger partial charge >= 0.3 is 6.18 Å². The molecule has 1 atom stereocenters. The largest absolute Gasteiger partial charge is 0.484 e. The zero-order chi connectivity index (χ0) is 23.0. The molecule has 1 aliphatic carbocycles. The second-order valence-corrected chi connectivity index (χ2v) is 8.22. The molecular weight excluding hydrogens is 445 g/mol. The van der Waals surface area contributed by atoms with Gasteiger partial charge in [-0.3, -0.25) is 4.79 Å². The Morgan fingerprint density at radius 1 is 1.19 bits per heavy atom. The molecule has 2 aromatic rings. The molecular formula is C21H19ClF5NO3. The second kappa shape index (κ2) is 8.27. The quantitative estimate of drug-likeness (QED) is 0.570. The summed E-state index contributed by atoms with van der Waals surface area (Å²) in [6, 6.07) is 6.75. The molecule has 4 nitrogen and oxygen atoms in total. The predicted octanol–water partition coefficient (Wildman–Crippen LogP) is 4.96. The summed E-state index contributed by atoms with van der Waals surface area (Å²) in [6.45, 7) is -0.261. The Hall–Kier alpha value is -2.39. The Morgan fingerprint density at radius 2 is 1.87 bits per heavy atom. The van der Waals surface area contributed by atoms with E-state index in [2.05, 4.69) is 5.32 Å². The van der Waals surface area contributed by atoms with Crippen LogP contribution in [0.3, 0.4) is 0 Å². The van der Waals surface area contributed by atoms with Crippen LogP contribution in [0.25, 0.3) is 0 Å². The van der Waals surface area contributed by atoms with Crippen LogP contribution < -0.4 is 10.1 Å². The molecule has 0 bridgehead atoms. The minimum Gasteiger partial charge on any atom is -0.484 e. The van der Waals surface area contributed by atoms with Crippen molar-refractivity contribution in [2.75, 3.05) is 6.61 Å². The van der Waals surface area contributed by atoms with E-state index in [1.807, 2.05) is 0 Å². The van der Waals surface area contributed by atoms with E-state index >= 15 is 0 Å². The molecule has 3 rings (SSSR count). The van der Waals surface area contributed by atoms with Crippen molar-refractivity contribution in [1.29, 1.82) is 0 Å². The third-order valence-electron chi connectivity index (χ3n) is 4.97. The maximum atomic E-state index is 14.0. The fourth-order valence-electron chi connectivity index (χ4n) is 3.34. The molecule has 2 N–H and O–H groups in total. The molecule has 0 spiro atoms. The molecule has 1 amide bonds. The summed E-state index contributed by atoms with van der Waals surface area (Å²) >= 11 is 6.00. The van der Waals surface area contributed by atoms with E-state index < -0.39 is 47.9 Å². The molecule has 0 heterocycles. The summed E-state index contributed by atoms with van der Waals surface area (Å²) in [7, 11) is 0. The van der Waals surface area contributed by atoms with Crippen molar-refractivity contribution in [1.82, 2.24) is 5.32 Å². The zero-order valence-electron chi connectivity index (χ0n) is 16.3. The van der Waals surface area contributed by atoms with Crippen LogP contribution in [-0.4, -0.2) is 23.8 Å². The Kier molecular flexibility index (Phi) is 6.21. The van der Waals surface area contributed by atoms with Crippen LogP contribution in [0.4, 0.5) is 22.0 Å². The first-order chi connectivity index (χ1) is 14.3. The second-order valence-electron chi connectivity index (χ2n) is 7.78. The van der Waals surface area contributed by atoms with E-state index in [1.54, 1.807) is 0 Å². The number of aliphatic hydroxyl groups is 1. The van der Waals surface area contributed by atoms with Gasteiger partial charge in [0.15, 0.2) is 6.61 Å². The standard InChI is InChI=1S/C21H19ClF5NO3/c1-19(30,16-3-2-14(23)9-17(16)24)10-18(29)28-20(4-5-20)12-6-13(22)8-15(7-12)31-11-21(25,26)27/h2-3,6-9,30H,4-5,10-11H2,1H3,(H,28,29)/t19-/m1/s1. The molecule has 0 saturated heterocycles. The lowest BCUT2D eigenvalue weighted by atomic mass is 9.91. The fraction of sp³-hybridized carbons (Fsp3) is 0.381. The molecule has 0 aliphatic heterocycles. The number of ether oxygens (including phenoxy) is 1. The van der Waals surface area contributed by atoms with Gasteiger partial charge in [-0.25, -0.2) is 8.78 Å². The lowest BCUT2D eigenvalue weighted by Crippen LogP contribution is -2.39. The van der Waals surface area contributed by atoms with Crippen molar-refractivity contribution in [2.24, 2.45) is 0 Å². The van der Waals surface area contributed by atoms with Gasteiger partial charge in [0.05, 0.1) is 17.6 Å². The molecule has 2 aromatic carbocycles. The first kappa shape index (κ1) is 23.3. The van der Waals surface area contributed by atoms with Crippen molar-refractivity contribution in [3.8, 4) is 5.75 Å². The first-order valence-electron chi connectivity index (χ1n) is 9.29. The van der Waals surface area contributed by atoms with Gasteiger partial charge < -0.3 is 15.2 Å². The number of halogens is 6. The van der Waals surface area contributed by atoms with Crippen molar-refractivity contribution in [2.45, 2.75) is 43.5 Å². The summed E-state index contributed by atoms with van der Waals surface area (Å²) in [4.78, 5) is 12.6. The Bertz CT molecular complexity index is 989. The highest BCUT2D eigenvalue weighted by Gasteiger charge is 2.47. The lowest BCUT2D eigenvalue weighted by Gasteiger charge is -2.26. The van der Waals surface area contributed by atoms with Crippen LogP contribution in [-0.2, 0) is 15.9 Å². The highest BCUT2D eigenvalue weighted by Crippen LogP contribution is 2.47. The molecule has 168 valence electrons. The molecule has 1 fully saturated rings. The van der Waals surface area contributed by atoms with Crippen LogP contribution in [0.5, 0.6) is 5.75 Å². The van der Waals surface area contributed by atoms with E-state index in [-0.39, 0.29) is 16.3 Å². The molecule has 1 aliphatic rings. The van der Waals surface area contributed by atoms with Crippen molar-refractivity contribution in [3.05, 3.63) is 64.2 Å². The van der Waals surface area contributed by atoms with Gasteiger partial charge in [-0.1, -0.05) is 17.7 Å². The van der Waals surface area contributed by atoms with E-state index in [0.29, 0.717) is 24.5 Å². The SMILES string of the molecule is C[C@@](O)(CC(=O)NC1(c2cc(Cl)cc(OCC(F)(F)F)c2)CC1)c1ccc(F)cc1F. The number of hydrogen-bond acceptors (Lipinski definition) is 3. The van der Waals surface area contributed by atoms with E-state index in [1.165, 1.54) is 25.1 Å². The Morgan fingerprint density at radius 3 is 2.45 bits per heavy atom. The topological polar surface area (TPSA) is 58.6 Å². The van der Waals surface area contributed by atoms with Gasteiger partial charge in [-0.2, -0.15) is 13.2 Å². The van der Waals surface area contributed by atoms with Gasteiger partial charge in [0.1, 0.15) is 17.4 Å². The number of hydrogen-bond donors (Lipinski definition) is 2. The van der Waals surface area contributed by atoms with Gasteiger partial charge in [-0.05, 0) is 49.6 Å². The zero-order valence-corrected chi connectivity index (χ0v) is 17.1. The van der Waals surface area contributed by atoms with E-state index in [0.717, 1.165) is 12.1 Å². The number of benzene rings is 2. The summed E-state index contributed by atoms with van der Waals surface area (Å²) in [5.74, 6) is -2.52.